The van der Waals surface area contributed by atoms with Gasteiger partial charge in [-0.15, -0.1) is 11.3 Å². The smallest absolute Gasteiger partial charge is 0.139 e. The van der Waals surface area contributed by atoms with Crippen molar-refractivity contribution in [1.82, 2.24) is 0 Å². The fourth-order valence-electron chi connectivity index (χ4n) is 14.2. The maximum Gasteiger partial charge on any atom is 0.139 e. The van der Waals surface area contributed by atoms with Crippen molar-refractivity contribution in [1.29, 1.82) is 10.5 Å². The number of para-hydroxylation sites is 4. The fraction of sp³-hybridized carbons (Fsp3) is 0.117. The molecule has 2 aliphatic rings. The predicted molar refractivity (Wildman–Crippen MR) is 346 cm³/mol. The normalized spacial score (nSPS) is 13.2. The van der Waals surface area contributed by atoms with E-state index in [0.29, 0.717) is 11.1 Å². The molecule has 0 amide bonds. The topological polar surface area (TPSA) is 80.3 Å². The van der Waals surface area contributed by atoms with Crippen molar-refractivity contribution < 1.29 is 8.83 Å². The summed E-state index contributed by atoms with van der Waals surface area (Å²) in [5.41, 5.74) is 20.6. The first-order valence-corrected chi connectivity index (χ1v) is 29.5. The van der Waals surface area contributed by atoms with Crippen molar-refractivity contribution in [3.8, 4) is 34.4 Å². The van der Waals surface area contributed by atoms with E-state index in [1.807, 2.05) is 42.5 Å². The first-order valence-electron chi connectivity index (χ1n) is 28.7. The summed E-state index contributed by atoms with van der Waals surface area (Å²) >= 11 is 1.76. The number of hydrogen-bond donors (Lipinski definition) is 0. The minimum Gasteiger partial charge on any atom is -0.456 e. The van der Waals surface area contributed by atoms with Gasteiger partial charge in [-0.2, -0.15) is 10.5 Å². The summed E-state index contributed by atoms with van der Waals surface area (Å²) < 4.78 is 16.0. The monoisotopic (exact) mass is 1100 g/mol. The minimum atomic E-state index is -0.677. The van der Waals surface area contributed by atoms with Crippen LogP contribution in [-0.4, -0.2) is 0 Å². The van der Waals surface area contributed by atoms with Crippen LogP contribution in [0.4, 0.5) is 34.1 Å². The van der Waals surface area contributed by atoms with Crippen molar-refractivity contribution in [2.45, 2.75) is 57.8 Å². The predicted octanol–water partition coefficient (Wildman–Crippen LogP) is 21.5. The molecule has 3 heterocycles. The number of nitriles is 2. The van der Waals surface area contributed by atoms with Gasteiger partial charge in [0.1, 0.15) is 34.5 Å². The molecule has 0 atom stereocenters. The van der Waals surface area contributed by atoms with Crippen molar-refractivity contribution >= 4 is 110 Å². The molecule has 2 aliphatic carbocycles. The zero-order valence-corrected chi connectivity index (χ0v) is 48.1. The summed E-state index contributed by atoms with van der Waals surface area (Å²) in [5.74, 6) is 0. The van der Waals surface area contributed by atoms with Crippen LogP contribution in [0.2, 0.25) is 0 Å². The number of benzene rings is 11. The molecule has 0 saturated carbocycles. The van der Waals surface area contributed by atoms with Crippen LogP contribution in [0, 0.1) is 22.7 Å². The number of furan rings is 2. The molecule has 0 unspecified atom stereocenters. The standard InChI is InChI=1S/C77H54N4O2S/c1-75(2,3)61-29-17-24-54-52-36-33-47(39-67(52)82-72(54)61)80(64-31-15-7-19-45(64)43-78)49-35-38-57-69(41-49)84-74-66(42-63-70(71(57)74)56-23-11-14-28-60(56)77(63)58-26-12-9-21-50(58)51-22-10-13-27-59(51)77)81(65-32-16-8-20-46(65)44-79)48-34-37-53-55-25-18-30-62(76(4,5)6)73(55)83-68(53)40-48/h7-42H,1-6H3. The highest BCUT2D eigenvalue weighted by Gasteiger charge is 2.53. The highest BCUT2D eigenvalue weighted by atomic mass is 32.1. The van der Waals surface area contributed by atoms with Crippen LogP contribution >= 0.6 is 11.3 Å². The quantitative estimate of drug-likeness (QED) is 0.165. The van der Waals surface area contributed by atoms with Gasteiger partial charge in [-0.1, -0.05) is 181 Å². The Kier molecular flexibility index (Phi) is 10.6. The van der Waals surface area contributed by atoms with Crippen molar-refractivity contribution in [3.63, 3.8) is 0 Å². The van der Waals surface area contributed by atoms with E-state index in [9.17, 15) is 10.5 Å². The first kappa shape index (κ1) is 49.6. The van der Waals surface area contributed by atoms with E-state index in [0.717, 1.165) is 109 Å². The number of nitrogens with zero attached hydrogens (tertiary/aromatic N) is 4. The van der Waals surface area contributed by atoms with E-state index in [4.69, 9.17) is 8.83 Å². The summed E-state index contributed by atoms with van der Waals surface area (Å²) in [6.07, 6.45) is 0. The van der Waals surface area contributed by atoms with Crippen LogP contribution < -0.4 is 9.80 Å². The van der Waals surface area contributed by atoms with Gasteiger partial charge in [0.2, 0.25) is 0 Å². The third-order valence-electron chi connectivity index (χ3n) is 17.8. The van der Waals surface area contributed by atoms with Gasteiger partial charge in [-0.3, -0.25) is 0 Å². The van der Waals surface area contributed by atoms with Crippen LogP contribution in [0.3, 0.4) is 0 Å². The Morgan fingerprint density at radius 3 is 1.39 bits per heavy atom. The second-order valence-electron chi connectivity index (χ2n) is 24.5. The summed E-state index contributed by atoms with van der Waals surface area (Å²) in [4.78, 5) is 4.51. The van der Waals surface area contributed by atoms with Crippen LogP contribution in [0.15, 0.2) is 227 Å². The Bertz CT molecular complexity index is 5190. The van der Waals surface area contributed by atoms with Gasteiger partial charge < -0.3 is 18.6 Å². The number of rotatable bonds is 6. The summed E-state index contributed by atoms with van der Waals surface area (Å²) in [7, 11) is 0. The summed E-state index contributed by atoms with van der Waals surface area (Å²) in [6, 6.07) is 82.9. The second kappa shape index (κ2) is 17.9. The second-order valence-corrected chi connectivity index (χ2v) is 25.6. The van der Waals surface area contributed by atoms with E-state index >= 15 is 0 Å². The van der Waals surface area contributed by atoms with E-state index in [1.165, 1.54) is 44.5 Å². The van der Waals surface area contributed by atoms with Gasteiger partial charge in [0.05, 0.1) is 38.3 Å². The molecule has 0 aliphatic heterocycles. The maximum atomic E-state index is 11.1. The molecule has 0 bridgehead atoms. The molecule has 11 aromatic carbocycles. The fourth-order valence-corrected chi connectivity index (χ4v) is 15.4. The molecule has 400 valence electrons. The Hall–Kier alpha value is -10.2. The molecule has 0 saturated heterocycles. The number of hydrogen-bond acceptors (Lipinski definition) is 7. The Morgan fingerprint density at radius 1 is 0.405 bits per heavy atom. The van der Waals surface area contributed by atoms with Gasteiger partial charge in [0.15, 0.2) is 0 Å². The van der Waals surface area contributed by atoms with Crippen molar-refractivity contribution in [3.05, 3.63) is 263 Å². The van der Waals surface area contributed by atoms with E-state index in [-0.39, 0.29) is 10.8 Å². The SMILES string of the molecule is CC(C)(C)c1cccc2c1oc1cc(N(c3ccc4c(c3)sc3c(N(c5ccc6c(c5)oc5c(C(C)(C)C)cccc56)c5ccccc5C#N)cc5c(c34)-c3ccccc3C53c4ccccc4-c4ccccc43)c3ccccc3C#N)ccc12. The molecule has 16 rings (SSSR count). The van der Waals surface area contributed by atoms with E-state index < -0.39 is 5.41 Å². The molecule has 1 spiro atoms. The molecule has 6 nitrogen and oxygen atoms in total. The van der Waals surface area contributed by atoms with Gasteiger partial charge >= 0.3 is 0 Å². The Labute approximate surface area is 490 Å². The summed E-state index contributed by atoms with van der Waals surface area (Å²) in [6.45, 7) is 13.3. The molecule has 84 heavy (non-hydrogen) atoms. The highest BCUT2D eigenvalue weighted by molar-refractivity contribution is 7.26. The lowest BCUT2D eigenvalue weighted by Crippen LogP contribution is -2.26. The maximum absolute atomic E-state index is 11.1. The van der Waals surface area contributed by atoms with Crippen LogP contribution in [0.25, 0.3) is 86.3 Å². The Balaban J connectivity index is 1.01. The average Bonchev–Trinajstić information content (AvgIpc) is 1.53. The van der Waals surface area contributed by atoms with Gasteiger partial charge in [-0.25, -0.2) is 0 Å². The zero-order valence-electron chi connectivity index (χ0n) is 47.3. The zero-order chi connectivity index (χ0) is 57.0. The Morgan fingerprint density at radius 2 is 0.857 bits per heavy atom. The van der Waals surface area contributed by atoms with Gasteiger partial charge in [-0.05, 0) is 122 Å². The molecule has 0 radical (unpaired) electrons. The molecule has 3 aromatic heterocycles. The van der Waals surface area contributed by atoms with Gasteiger partial charge in [0.25, 0.3) is 0 Å². The average molecular weight is 1100 g/mol. The number of anilines is 6. The lowest BCUT2D eigenvalue weighted by molar-refractivity contribution is 0.572. The van der Waals surface area contributed by atoms with E-state index in [1.54, 1.807) is 11.3 Å². The van der Waals surface area contributed by atoms with Crippen LogP contribution in [0.1, 0.15) is 86.1 Å². The largest absolute Gasteiger partial charge is 0.456 e. The first-order chi connectivity index (χ1) is 40.8. The number of fused-ring (bicyclic) bond motifs is 20. The van der Waals surface area contributed by atoms with Crippen LogP contribution in [0.5, 0.6) is 0 Å². The minimum absolute atomic E-state index is 0.128. The third kappa shape index (κ3) is 6.94. The molecular weight excluding hydrogens is 1040 g/mol. The van der Waals surface area contributed by atoms with Crippen LogP contribution in [-0.2, 0) is 16.2 Å². The summed E-state index contributed by atoms with van der Waals surface area (Å²) in [5, 5.41) is 28.4. The molecular formula is C77H54N4O2S. The van der Waals surface area contributed by atoms with E-state index in [2.05, 4.69) is 239 Å². The third-order valence-corrected chi connectivity index (χ3v) is 19.0. The molecule has 0 fully saturated rings. The van der Waals surface area contributed by atoms with Gasteiger partial charge in [0, 0.05) is 77.3 Å². The molecule has 7 heteroatoms. The molecule has 0 N–H and O–H groups in total. The van der Waals surface area contributed by atoms with Crippen molar-refractivity contribution in [2.75, 3.05) is 9.80 Å². The highest BCUT2D eigenvalue weighted by Crippen LogP contribution is 2.66. The number of thiophene rings is 1. The van der Waals surface area contributed by atoms with Crippen molar-refractivity contribution in [2.24, 2.45) is 0 Å². The molecule has 14 aromatic rings. The lowest BCUT2D eigenvalue weighted by Gasteiger charge is -2.32. The lowest BCUT2D eigenvalue weighted by atomic mass is 9.70.